The highest BCUT2D eigenvalue weighted by Gasteiger charge is 2.58. The van der Waals surface area contributed by atoms with Crippen LogP contribution in [-0.4, -0.2) is 40.1 Å². The minimum atomic E-state index is -3.10. The van der Waals surface area contributed by atoms with Crippen molar-refractivity contribution in [2.24, 2.45) is 0 Å². The molecule has 0 aromatic heterocycles. The Morgan fingerprint density at radius 1 is 0.593 bits per heavy atom. The van der Waals surface area contributed by atoms with Crippen LogP contribution in [-0.2, 0) is 20.2 Å². The molecule has 0 spiro atoms. The summed E-state index contributed by atoms with van der Waals surface area (Å²) in [6.07, 6.45) is -1.25. The lowest BCUT2D eigenvalue weighted by atomic mass is 9.94. The molecule has 306 valence electrons. The van der Waals surface area contributed by atoms with Gasteiger partial charge < -0.3 is 23.4 Å². The van der Waals surface area contributed by atoms with Crippen molar-refractivity contribution in [3.8, 4) is 11.5 Å². The Morgan fingerprint density at radius 2 is 1.00 bits per heavy atom. The zero-order chi connectivity index (χ0) is 41.8. The number of phenols is 1. The molecule has 0 aliphatic carbocycles. The molecule has 8 heteroatoms. The van der Waals surface area contributed by atoms with Crippen LogP contribution in [0.4, 0.5) is 0 Å². The van der Waals surface area contributed by atoms with Gasteiger partial charge in [-0.05, 0) is 78.0 Å². The van der Waals surface area contributed by atoms with Crippen LogP contribution in [0.25, 0.3) is 0 Å². The number of hydrogen-bond acceptors (Lipinski definition) is 5. The third-order valence-electron chi connectivity index (χ3n) is 11.8. The molecule has 0 amide bonds. The van der Waals surface area contributed by atoms with Crippen molar-refractivity contribution in [3.05, 3.63) is 178 Å². The number of ether oxygens (including phenoxy) is 2. The summed E-state index contributed by atoms with van der Waals surface area (Å²) in [6, 6.07) is 57.2. The Hall–Kier alpha value is -4.04. The Morgan fingerprint density at radius 3 is 1.42 bits per heavy atom. The fraction of sp³-hybridized carbons (Fsp3) is 0.294. The average Bonchev–Trinajstić information content (AvgIpc) is 3.23. The third kappa shape index (κ3) is 8.63. The Kier molecular flexibility index (Phi) is 13.1. The molecule has 6 aromatic carbocycles. The Bertz CT molecular complexity index is 2180. The van der Waals surface area contributed by atoms with Crippen molar-refractivity contribution in [1.82, 2.24) is 0 Å². The average molecular weight is 933 g/mol. The van der Waals surface area contributed by atoms with Crippen LogP contribution >= 0.6 is 22.6 Å². The van der Waals surface area contributed by atoms with Crippen LogP contribution in [0, 0.1) is 3.57 Å². The first kappa shape index (κ1) is 43.1. The molecule has 6 aromatic rings. The van der Waals surface area contributed by atoms with Crippen LogP contribution in [0.2, 0.25) is 10.1 Å². The summed E-state index contributed by atoms with van der Waals surface area (Å²) < 4.78 is 30.1. The van der Waals surface area contributed by atoms with Gasteiger partial charge in [0, 0.05) is 12.0 Å². The first-order chi connectivity index (χ1) is 28.3. The summed E-state index contributed by atoms with van der Waals surface area (Å²) in [4.78, 5) is 0. The van der Waals surface area contributed by atoms with E-state index in [0.29, 0.717) is 27.9 Å². The van der Waals surface area contributed by atoms with Crippen molar-refractivity contribution in [2.45, 2.75) is 96.0 Å². The van der Waals surface area contributed by atoms with E-state index in [1.54, 1.807) is 0 Å². The molecule has 1 heterocycles. The topological polar surface area (TPSA) is 57.2 Å². The van der Waals surface area contributed by atoms with E-state index < -0.39 is 41.1 Å². The van der Waals surface area contributed by atoms with Gasteiger partial charge in [-0.2, -0.15) is 0 Å². The smallest absolute Gasteiger partial charge is 0.261 e. The van der Waals surface area contributed by atoms with Crippen LogP contribution in [0.5, 0.6) is 11.5 Å². The maximum absolute atomic E-state index is 12.0. The van der Waals surface area contributed by atoms with E-state index in [4.69, 9.17) is 18.3 Å². The predicted molar refractivity (Wildman–Crippen MR) is 254 cm³/mol. The fourth-order valence-electron chi connectivity index (χ4n) is 9.01. The molecule has 0 saturated carbocycles. The summed E-state index contributed by atoms with van der Waals surface area (Å²) >= 11 is 2.20. The van der Waals surface area contributed by atoms with Gasteiger partial charge in [-0.3, -0.25) is 0 Å². The predicted octanol–water partition coefficient (Wildman–Crippen LogP) is 10.3. The monoisotopic (exact) mass is 932 g/mol. The highest BCUT2D eigenvalue weighted by atomic mass is 127. The maximum atomic E-state index is 12.0. The fourth-order valence-corrected chi connectivity index (χ4v) is 19.1. The van der Waals surface area contributed by atoms with E-state index in [0.717, 1.165) is 5.56 Å². The lowest BCUT2D eigenvalue weighted by molar-refractivity contribution is -0.152. The number of hydrogen-bond donors (Lipinski definition) is 1. The molecule has 1 N–H and O–H groups in total. The summed E-state index contributed by atoms with van der Waals surface area (Å²) in [5, 5.41) is 16.2. The molecule has 59 heavy (non-hydrogen) atoms. The summed E-state index contributed by atoms with van der Waals surface area (Å²) in [6.45, 7) is 16.4. The van der Waals surface area contributed by atoms with Gasteiger partial charge in [-0.25, -0.2) is 0 Å². The Balaban J connectivity index is 1.38. The van der Waals surface area contributed by atoms with E-state index in [-0.39, 0.29) is 15.8 Å². The lowest BCUT2D eigenvalue weighted by Crippen LogP contribution is -2.72. The van der Waals surface area contributed by atoms with Gasteiger partial charge in [0.2, 0.25) is 0 Å². The molecular formula is C51H57IO5Si2. The molecule has 0 bridgehead atoms. The summed E-state index contributed by atoms with van der Waals surface area (Å²) in [5.41, 5.74) is 1.78. The van der Waals surface area contributed by atoms with E-state index in [1.165, 1.54) is 20.7 Å². The van der Waals surface area contributed by atoms with Crippen molar-refractivity contribution in [3.63, 3.8) is 0 Å². The van der Waals surface area contributed by atoms with Crippen molar-refractivity contribution >= 4 is 60.0 Å². The van der Waals surface area contributed by atoms with Crippen LogP contribution in [0.15, 0.2) is 164 Å². The zero-order valence-corrected chi connectivity index (χ0v) is 39.4. The van der Waals surface area contributed by atoms with Crippen LogP contribution < -0.4 is 25.5 Å². The van der Waals surface area contributed by atoms with Crippen molar-refractivity contribution in [1.29, 1.82) is 0 Å². The molecule has 4 atom stereocenters. The molecule has 1 fully saturated rings. The van der Waals surface area contributed by atoms with Gasteiger partial charge in [0.15, 0.2) is 0 Å². The number of aromatic hydroxyl groups is 1. The molecule has 1 aliphatic heterocycles. The van der Waals surface area contributed by atoms with Crippen molar-refractivity contribution < 1.29 is 23.4 Å². The standard InChI is InChI=1S/C51H57IO5Si2/c1-37-49(57-59(51(5,6)7,41-29-19-11-20-30-41)42-31-21-12-22-32-42)46(56-58(50(2,3)4,39-25-15-9-16-26-39)40-27-17-10-18-28-40)35-45(55-37)43-33-34-44(47(52)48(43)53)54-36-38-23-13-8-14-24-38/h8-34,37,45-46,49,53H,35-36H2,1-7H3/t37-,45+,46-,49-/m1/s1. The summed E-state index contributed by atoms with van der Waals surface area (Å²) in [5.74, 6) is 0.802. The largest absolute Gasteiger partial charge is 0.506 e. The summed E-state index contributed by atoms with van der Waals surface area (Å²) in [7, 11) is -6.18. The number of phenolic OH excluding ortho intramolecular Hbond substituents is 1. The third-order valence-corrected chi connectivity index (χ3v) is 23.0. The molecule has 1 saturated heterocycles. The normalized spacial score (nSPS) is 19.0. The molecule has 7 rings (SSSR count). The van der Waals surface area contributed by atoms with E-state index in [9.17, 15) is 5.11 Å². The highest BCUT2D eigenvalue weighted by molar-refractivity contribution is 14.1. The second-order valence-electron chi connectivity index (χ2n) is 17.7. The molecule has 0 unspecified atom stereocenters. The van der Waals surface area contributed by atoms with Gasteiger partial charge in [0.1, 0.15) is 18.1 Å². The first-order valence-electron chi connectivity index (χ1n) is 20.7. The van der Waals surface area contributed by atoms with Gasteiger partial charge in [0.25, 0.3) is 16.6 Å². The lowest BCUT2D eigenvalue weighted by Gasteiger charge is -2.53. The minimum Gasteiger partial charge on any atom is -0.506 e. The second-order valence-corrected chi connectivity index (χ2v) is 27.3. The van der Waals surface area contributed by atoms with E-state index in [1.807, 2.05) is 42.5 Å². The molecule has 0 radical (unpaired) electrons. The van der Waals surface area contributed by atoms with Gasteiger partial charge >= 0.3 is 0 Å². The quantitative estimate of drug-likeness (QED) is 0.0979. The van der Waals surface area contributed by atoms with E-state index in [2.05, 4.69) is 192 Å². The molecular weight excluding hydrogens is 876 g/mol. The van der Waals surface area contributed by atoms with Crippen LogP contribution in [0.1, 0.15) is 72.1 Å². The first-order valence-corrected chi connectivity index (χ1v) is 25.6. The second kappa shape index (κ2) is 17.9. The van der Waals surface area contributed by atoms with Gasteiger partial charge in [-0.1, -0.05) is 193 Å². The van der Waals surface area contributed by atoms with E-state index >= 15 is 0 Å². The molecule has 1 aliphatic rings. The highest BCUT2D eigenvalue weighted by Crippen LogP contribution is 2.47. The Labute approximate surface area is 367 Å². The zero-order valence-electron chi connectivity index (χ0n) is 35.3. The number of rotatable bonds is 12. The van der Waals surface area contributed by atoms with Crippen molar-refractivity contribution in [2.75, 3.05) is 0 Å². The number of halogens is 1. The molecule has 5 nitrogen and oxygen atoms in total. The van der Waals surface area contributed by atoms with Crippen LogP contribution in [0.3, 0.4) is 0 Å². The number of benzene rings is 6. The SMILES string of the molecule is C[C@H]1O[C@H](c2ccc(OCc3ccccc3)c(I)c2O)C[C@@H](O[Si](c2ccccc2)(c2ccccc2)C(C)(C)C)[C@@H]1O[Si](c1ccccc1)(c1ccccc1)C(C)(C)C. The maximum Gasteiger partial charge on any atom is 0.261 e. The van der Waals surface area contributed by atoms with Gasteiger partial charge in [0.05, 0.1) is 28.0 Å². The van der Waals surface area contributed by atoms with Gasteiger partial charge in [-0.15, -0.1) is 0 Å². The minimum absolute atomic E-state index is 0.170.